The van der Waals surface area contributed by atoms with Gasteiger partial charge in [0.1, 0.15) is 0 Å². The lowest BCUT2D eigenvalue weighted by Crippen LogP contribution is -2.03. The first-order chi connectivity index (χ1) is 9.13. The molecule has 0 radical (unpaired) electrons. The van der Waals surface area contributed by atoms with Crippen molar-refractivity contribution in [1.82, 2.24) is 0 Å². The fourth-order valence-corrected chi connectivity index (χ4v) is 2.41. The van der Waals surface area contributed by atoms with E-state index in [1.54, 1.807) is 12.1 Å². The summed E-state index contributed by atoms with van der Waals surface area (Å²) >= 11 is 5.93. The molecular formula is C16H12ClNO. The van der Waals surface area contributed by atoms with Crippen LogP contribution in [0, 0.1) is 6.92 Å². The first kappa shape index (κ1) is 12.0. The van der Waals surface area contributed by atoms with Gasteiger partial charge < -0.3 is 5.32 Å². The van der Waals surface area contributed by atoms with Gasteiger partial charge in [-0.1, -0.05) is 47.5 Å². The summed E-state index contributed by atoms with van der Waals surface area (Å²) in [5, 5.41) is 3.45. The van der Waals surface area contributed by atoms with E-state index in [-0.39, 0.29) is 5.91 Å². The van der Waals surface area contributed by atoms with Crippen molar-refractivity contribution in [2.75, 3.05) is 5.32 Å². The zero-order chi connectivity index (χ0) is 13.4. The molecule has 0 bridgehead atoms. The zero-order valence-corrected chi connectivity index (χ0v) is 11.2. The van der Waals surface area contributed by atoms with Gasteiger partial charge in [0.2, 0.25) is 0 Å². The van der Waals surface area contributed by atoms with Gasteiger partial charge in [0.15, 0.2) is 0 Å². The topological polar surface area (TPSA) is 29.1 Å². The Hall–Kier alpha value is -2.06. The molecule has 19 heavy (non-hydrogen) atoms. The number of nitrogens with one attached hydrogen (secondary N) is 1. The molecule has 2 aromatic carbocycles. The fourth-order valence-electron chi connectivity index (χ4n) is 2.24. The van der Waals surface area contributed by atoms with Gasteiger partial charge in [-0.3, -0.25) is 4.79 Å². The summed E-state index contributed by atoms with van der Waals surface area (Å²) in [5.41, 5.74) is 4.54. The highest BCUT2D eigenvalue weighted by Crippen LogP contribution is 2.34. The maximum atomic E-state index is 12.0. The SMILES string of the molecule is Cc1cccc(/C=C2\C(=O)Nc3cc(Cl)ccc32)c1. The van der Waals surface area contributed by atoms with Gasteiger partial charge in [-0.2, -0.15) is 0 Å². The Bertz CT molecular complexity index is 704. The molecule has 1 aliphatic heterocycles. The van der Waals surface area contributed by atoms with E-state index in [4.69, 9.17) is 11.6 Å². The van der Waals surface area contributed by atoms with Gasteiger partial charge >= 0.3 is 0 Å². The number of hydrogen-bond donors (Lipinski definition) is 1. The van der Waals surface area contributed by atoms with Crippen molar-refractivity contribution in [2.24, 2.45) is 0 Å². The van der Waals surface area contributed by atoms with Gasteiger partial charge in [-0.15, -0.1) is 0 Å². The molecule has 0 atom stereocenters. The first-order valence-electron chi connectivity index (χ1n) is 6.03. The molecule has 0 aromatic heterocycles. The number of aryl methyl sites for hydroxylation is 1. The fraction of sp³-hybridized carbons (Fsp3) is 0.0625. The minimum absolute atomic E-state index is 0.0845. The van der Waals surface area contributed by atoms with Gasteiger partial charge in [0, 0.05) is 16.2 Å². The van der Waals surface area contributed by atoms with Crippen molar-refractivity contribution >= 4 is 34.8 Å². The Morgan fingerprint density at radius 2 is 2.00 bits per heavy atom. The van der Waals surface area contributed by atoms with Crippen LogP contribution in [0.15, 0.2) is 42.5 Å². The van der Waals surface area contributed by atoms with Crippen LogP contribution >= 0.6 is 11.6 Å². The number of anilines is 1. The highest BCUT2D eigenvalue weighted by atomic mass is 35.5. The summed E-state index contributed by atoms with van der Waals surface area (Å²) in [5.74, 6) is -0.0845. The molecule has 3 rings (SSSR count). The molecule has 2 aromatic rings. The average Bonchev–Trinajstić information content (AvgIpc) is 2.65. The summed E-state index contributed by atoms with van der Waals surface area (Å²) in [6.07, 6.45) is 1.90. The van der Waals surface area contributed by atoms with Crippen molar-refractivity contribution in [3.05, 3.63) is 64.2 Å². The molecule has 1 amide bonds. The Kier molecular flexibility index (Phi) is 2.88. The molecule has 0 saturated heterocycles. The molecule has 94 valence electrons. The predicted octanol–water partition coefficient (Wildman–Crippen LogP) is 4.14. The van der Waals surface area contributed by atoms with Gasteiger partial charge in [0.25, 0.3) is 5.91 Å². The average molecular weight is 270 g/mol. The van der Waals surface area contributed by atoms with E-state index in [0.717, 1.165) is 16.8 Å². The van der Waals surface area contributed by atoms with Crippen molar-refractivity contribution in [1.29, 1.82) is 0 Å². The maximum absolute atomic E-state index is 12.0. The number of rotatable bonds is 1. The van der Waals surface area contributed by atoms with E-state index in [2.05, 4.69) is 5.32 Å². The van der Waals surface area contributed by atoms with E-state index < -0.39 is 0 Å². The Morgan fingerprint density at radius 3 is 2.79 bits per heavy atom. The molecule has 0 spiro atoms. The van der Waals surface area contributed by atoms with Gasteiger partial charge in [-0.05, 0) is 30.7 Å². The third-order valence-electron chi connectivity index (χ3n) is 3.12. The third kappa shape index (κ3) is 2.27. The van der Waals surface area contributed by atoms with Crippen molar-refractivity contribution < 1.29 is 4.79 Å². The lowest BCUT2D eigenvalue weighted by atomic mass is 10.0. The van der Waals surface area contributed by atoms with E-state index in [0.29, 0.717) is 10.6 Å². The second kappa shape index (κ2) is 4.56. The predicted molar refractivity (Wildman–Crippen MR) is 79.1 cm³/mol. The highest BCUT2D eigenvalue weighted by molar-refractivity contribution is 6.36. The largest absolute Gasteiger partial charge is 0.321 e. The minimum Gasteiger partial charge on any atom is -0.321 e. The van der Waals surface area contributed by atoms with Gasteiger partial charge in [-0.25, -0.2) is 0 Å². The van der Waals surface area contributed by atoms with E-state index in [1.807, 2.05) is 43.3 Å². The zero-order valence-electron chi connectivity index (χ0n) is 10.4. The molecule has 1 heterocycles. The third-order valence-corrected chi connectivity index (χ3v) is 3.35. The number of fused-ring (bicyclic) bond motifs is 1. The monoisotopic (exact) mass is 269 g/mol. The smallest absolute Gasteiger partial charge is 0.256 e. The first-order valence-corrected chi connectivity index (χ1v) is 6.41. The van der Waals surface area contributed by atoms with Crippen LogP contribution in [0.3, 0.4) is 0 Å². The van der Waals surface area contributed by atoms with Crippen LogP contribution in [0.5, 0.6) is 0 Å². The number of halogens is 1. The van der Waals surface area contributed by atoms with Crippen LogP contribution in [-0.2, 0) is 4.79 Å². The molecule has 2 nitrogen and oxygen atoms in total. The standard InChI is InChI=1S/C16H12ClNO/c1-10-3-2-4-11(7-10)8-14-13-6-5-12(17)9-15(13)18-16(14)19/h2-9H,1H3,(H,18,19)/b14-8-. The van der Waals surface area contributed by atoms with Crippen molar-refractivity contribution in [3.63, 3.8) is 0 Å². The number of amides is 1. The molecule has 0 saturated carbocycles. The molecule has 1 aliphatic rings. The van der Waals surface area contributed by atoms with Crippen molar-refractivity contribution in [3.8, 4) is 0 Å². The molecule has 0 fully saturated rings. The molecular weight excluding hydrogens is 258 g/mol. The lowest BCUT2D eigenvalue weighted by molar-refractivity contribution is -0.110. The second-order valence-electron chi connectivity index (χ2n) is 4.62. The van der Waals surface area contributed by atoms with Gasteiger partial charge in [0.05, 0.1) is 5.69 Å². The Morgan fingerprint density at radius 1 is 1.16 bits per heavy atom. The van der Waals surface area contributed by atoms with Crippen LogP contribution in [0.4, 0.5) is 5.69 Å². The number of benzene rings is 2. The van der Waals surface area contributed by atoms with E-state index in [1.165, 1.54) is 5.56 Å². The quantitative estimate of drug-likeness (QED) is 0.775. The number of hydrogen-bond acceptors (Lipinski definition) is 1. The van der Waals surface area contributed by atoms with Crippen LogP contribution in [0.2, 0.25) is 5.02 Å². The molecule has 1 N–H and O–H groups in total. The van der Waals surface area contributed by atoms with Crippen LogP contribution in [0.25, 0.3) is 11.6 Å². The van der Waals surface area contributed by atoms with Crippen LogP contribution < -0.4 is 5.32 Å². The van der Waals surface area contributed by atoms with E-state index in [9.17, 15) is 4.79 Å². The second-order valence-corrected chi connectivity index (χ2v) is 5.05. The summed E-state index contributed by atoms with van der Waals surface area (Å²) in [6.45, 7) is 2.03. The molecule has 3 heteroatoms. The van der Waals surface area contributed by atoms with Crippen molar-refractivity contribution in [2.45, 2.75) is 6.92 Å². The van der Waals surface area contributed by atoms with E-state index >= 15 is 0 Å². The summed E-state index contributed by atoms with van der Waals surface area (Å²) in [6, 6.07) is 13.5. The maximum Gasteiger partial charge on any atom is 0.256 e. The summed E-state index contributed by atoms with van der Waals surface area (Å²) in [7, 11) is 0. The minimum atomic E-state index is -0.0845. The normalized spacial score (nSPS) is 15.5. The number of carbonyl (C=O) groups is 1. The Labute approximate surface area is 116 Å². The van der Waals surface area contributed by atoms with Crippen LogP contribution in [0.1, 0.15) is 16.7 Å². The van der Waals surface area contributed by atoms with Crippen LogP contribution in [-0.4, -0.2) is 5.91 Å². The summed E-state index contributed by atoms with van der Waals surface area (Å²) < 4.78 is 0. The Balaban J connectivity index is 2.09. The highest BCUT2D eigenvalue weighted by Gasteiger charge is 2.23. The summed E-state index contributed by atoms with van der Waals surface area (Å²) in [4.78, 5) is 12.0. The molecule has 0 aliphatic carbocycles. The number of carbonyl (C=O) groups excluding carboxylic acids is 1. The lowest BCUT2D eigenvalue weighted by Gasteiger charge is -2.00. The molecule has 0 unspecified atom stereocenters.